The summed E-state index contributed by atoms with van der Waals surface area (Å²) in [7, 11) is 0. The summed E-state index contributed by atoms with van der Waals surface area (Å²) in [5.41, 5.74) is 0.221. The fraction of sp³-hybridized carbons (Fsp3) is 0.133. The third-order valence-electron chi connectivity index (χ3n) is 3.25. The van der Waals surface area contributed by atoms with Gasteiger partial charge in [0.15, 0.2) is 0 Å². The molecule has 25 heavy (non-hydrogen) atoms. The first-order chi connectivity index (χ1) is 12.0. The van der Waals surface area contributed by atoms with Crippen molar-refractivity contribution in [3.8, 4) is 11.6 Å². The summed E-state index contributed by atoms with van der Waals surface area (Å²) < 4.78 is 47.6. The van der Waals surface area contributed by atoms with Crippen LogP contribution in [-0.4, -0.2) is 25.7 Å². The van der Waals surface area contributed by atoms with E-state index >= 15 is 0 Å². The van der Waals surface area contributed by atoms with Crippen LogP contribution in [0, 0.1) is 0 Å². The third-order valence-corrected chi connectivity index (χ3v) is 3.42. The molecule has 130 valence electrons. The van der Waals surface area contributed by atoms with Gasteiger partial charge in [-0.2, -0.15) is 18.2 Å². The van der Waals surface area contributed by atoms with E-state index in [1.807, 2.05) is 0 Å². The molecule has 0 saturated heterocycles. The van der Waals surface area contributed by atoms with Gasteiger partial charge in [-0.25, -0.2) is 9.97 Å². The lowest BCUT2D eigenvalue weighted by Gasteiger charge is -2.24. The molecule has 0 bridgehead atoms. The minimum Gasteiger partial charge on any atom is -0.459 e. The molecule has 0 fully saturated rings. The van der Waals surface area contributed by atoms with Gasteiger partial charge in [-0.1, -0.05) is 18.2 Å². The first-order valence-corrected chi connectivity index (χ1v) is 7.37. The number of nitrogens with one attached hydrogen (secondary N) is 1. The summed E-state index contributed by atoms with van der Waals surface area (Å²) >= 11 is 5.37. The molecule has 1 atom stereocenters. The molecule has 3 aromatic rings. The van der Waals surface area contributed by atoms with E-state index in [1.165, 1.54) is 41.5 Å². The number of aromatic nitrogens is 4. The van der Waals surface area contributed by atoms with Gasteiger partial charge in [0.1, 0.15) is 0 Å². The number of anilines is 1. The fourth-order valence-corrected chi connectivity index (χ4v) is 2.32. The minimum absolute atomic E-state index is 0.0667. The fourth-order valence-electron chi connectivity index (χ4n) is 2.23. The number of rotatable bonds is 5. The van der Waals surface area contributed by atoms with E-state index in [-0.39, 0.29) is 17.4 Å². The van der Waals surface area contributed by atoms with Crippen LogP contribution in [-0.2, 0) is 0 Å². The third kappa shape index (κ3) is 3.82. The molecule has 0 aliphatic rings. The van der Waals surface area contributed by atoms with Gasteiger partial charge in [-0.3, -0.25) is 4.84 Å². The molecule has 0 aliphatic carbocycles. The molecule has 3 rings (SSSR count). The topological polar surface area (TPSA) is 64.9 Å². The van der Waals surface area contributed by atoms with Crippen molar-refractivity contribution in [1.82, 2.24) is 19.5 Å². The van der Waals surface area contributed by atoms with Crippen LogP contribution in [0.3, 0.4) is 0 Å². The van der Waals surface area contributed by atoms with Crippen LogP contribution in [0.25, 0.3) is 5.69 Å². The van der Waals surface area contributed by atoms with Crippen LogP contribution in [0.15, 0.2) is 55.2 Å². The number of benzene rings is 1. The molecule has 2 aromatic heterocycles. The summed E-state index contributed by atoms with van der Waals surface area (Å²) in [4.78, 5) is 13.5. The second-order valence-corrected chi connectivity index (χ2v) is 5.07. The van der Waals surface area contributed by atoms with E-state index in [4.69, 9.17) is 16.5 Å². The predicted molar refractivity (Wildman–Crippen MR) is 84.5 cm³/mol. The van der Waals surface area contributed by atoms with Gasteiger partial charge >= 0.3 is 6.18 Å². The van der Waals surface area contributed by atoms with Crippen molar-refractivity contribution >= 4 is 17.7 Å². The van der Waals surface area contributed by atoms with Gasteiger partial charge in [0.05, 0.1) is 12.0 Å². The Labute approximate surface area is 145 Å². The summed E-state index contributed by atoms with van der Waals surface area (Å²) in [5.74, 6) is -0.330. The summed E-state index contributed by atoms with van der Waals surface area (Å²) in [6, 6.07) is 7.24. The normalized spacial score (nSPS) is 12.6. The number of para-hydroxylation sites is 1. The number of hydrogen-bond acceptors (Lipinski definition) is 5. The highest BCUT2D eigenvalue weighted by atomic mass is 35.5. The van der Waals surface area contributed by atoms with Gasteiger partial charge in [-0.05, 0) is 6.07 Å². The Morgan fingerprint density at radius 3 is 2.64 bits per heavy atom. The highest BCUT2D eigenvalue weighted by Crippen LogP contribution is 2.38. The highest BCUT2D eigenvalue weighted by molar-refractivity contribution is 6.23. The zero-order chi connectivity index (χ0) is 17.9. The van der Waals surface area contributed by atoms with E-state index < -0.39 is 12.3 Å². The average Bonchev–Trinajstić information content (AvgIpc) is 3.13. The lowest BCUT2D eigenvalue weighted by atomic mass is 10.1. The number of alkyl halides is 3. The zero-order valence-electron chi connectivity index (χ0n) is 12.5. The Hall–Kier alpha value is -2.81. The molecule has 1 N–H and O–H groups in total. The standard InChI is InChI=1S/C15H11ClF3N5O/c16-23-14-21-6-5-12(22-14)25-13(15(17,18)19)10-3-1-2-4-11(10)24-8-7-20-9-24/h1-9,13H,(H,21,22,23). The van der Waals surface area contributed by atoms with Crippen LogP contribution in [0.4, 0.5) is 19.1 Å². The number of hydrogen-bond donors (Lipinski definition) is 1. The highest BCUT2D eigenvalue weighted by Gasteiger charge is 2.44. The molecule has 0 amide bonds. The first kappa shape index (κ1) is 17.0. The molecule has 0 radical (unpaired) electrons. The lowest BCUT2D eigenvalue weighted by molar-refractivity contribution is -0.198. The van der Waals surface area contributed by atoms with Gasteiger partial charge in [-0.15, -0.1) is 0 Å². The van der Waals surface area contributed by atoms with Crippen LogP contribution in [0.5, 0.6) is 5.88 Å². The van der Waals surface area contributed by atoms with Crippen LogP contribution in [0.1, 0.15) is 11.7 Å². The Bertz CT molecular complexity index is 841. The average molecular weight is 370 g/mol. The Morgan fingerprint density at radius 2 is 1.96 bits per heavy atom. The lowest BCUT2D eigenvalue weighted by Crippen LogP contribution is -2.27. The monoisotopic (exact) mass is 369 g/mol. The molecule has 0 aliphatic heterocycles. The van der Waals surface area contributed by atoms with Crippen molar-refractivity contribution in [2.45, 2.75) is 12.3 Å². The van der Waals surface area contributed by atoms with Crippen molar-refractivity contribution in [1.29, 1.82) is 0 Å². The van der Waals surface area contributed by atoms with Crippen LogP contribution >= 0.6 is 11.8 Å². The molecular weight excluding hydrogens is 359 g/mol. The Morgan fingerprint density at radius 1 is 1.16 bits per heavy atom. The van der Waals surface area contributed by atoms with E-state index in [0.29, 0.717) is 5.69 Å². The van der Waals surface area contributed by atoms with Crippen molar-refractivity contribution < 1.29 is 17.9 Å². The number of halogens is 4. The first-order valence-electron chi connectivity index (χ1n) is 6.99. The molecule has 1 aromatic carbocycles. The van der Waals surface area contributed by atoms with E-state index in [9.17, 15) is 13.2 Å². The number of imidazole rings is 1. The largest absolute Gasteiger partial charge is 0.459 e. The summed E-state index contributed by atoms with van der Waals surface area (Å²) in [5, 5.41) is 0. The SMILES string of the molecule is FC(F)(F)C(Oc1ccnc(NCl)n1)c1ccccc1-n1ccnc1. The van der Waals surface area contributed by atoms with Gasteiger partial charge in [0, 0.05) is 42.0 Å². The molecule has 1 unspecified atom stereocenters. The Balaban J connectivity index is 2.03. The summed E-state index contributed by atoms with van der Waals surface area (Å²) in [6.45, 7) is 0. The number of ether oxygens (including phenoxy) is 1. The molecule has 0 spiro atoms. The van der Waals surface area contributed by atoms with E-state index in [0.717, 1.165) is 0 Å². The second-order valence-electron chi connectivity index (χ2n) is 4.88. The maximum absolute atomic E-state index is 13.7. The van der Waals surface area contributed by atoms with Crippen LogP contribution in [0.2, 0.25) is 0 Å². The quantitative estimate of drug-likeness (QED) is 0.691. The number of nitrogens with zero attached hydrogens (tertiary/aromatic N) is 4. The molecule has 2 heterocycles. The van der Waals surface area contributed by atoms with Crippen molar-refractivity contribution in [3.05, 3.63) is 60.8 Å². The molecular formula is C15H11ClF3N5O. The minimum atomic E-state index is -4.67. The van der Waals surface area contributed by atoms with Crippen molar-refractivity contribution in [2.75, 3.05) is 4.84 Å². The van der Waals surface area contributed by atoms with Gasteiger partial charge in [0.25, 0.3) is 0 Å². The maximum Gasteiger partial charge on any atom is 0.429 e. The molecule has 10 heteroatoms. The summed E-state index contributed by atoms with van der Waals surface area (Å²) in [6.07, 6.45) is -1.23. The van der Waals surface area contributed by atoms with Crippen molar-refractivity contribution in [3.63, 3.8) is 0 Å². The Kier molecular flexibility index (Phi) is 4.75. The zero-order valence-corrected chi connectivity index (χ0v) is 13.2. The van der Waals surface area contributed by atoms with Gasteiger partial charge in [0.2, 0.25) is 17.9 Å². The van der Waals surface area contributed by atoms with Crippen molar-refractivity contribution in [2.24, 2.45) is 0 Å². The van der Waals surface area contributed by atoms with Crippen LogP contribution < -0.4 is 9.57 Å². The smallest absolute Gasteiger partial charge is 0.429 e. The molecule has 6 nitrogen and oxygen atoms in total. The predicted octanol–water partition coefficient (Wildman–Crippen LogP) is 3.91. The molecule has 0 saturated carbocycles. The van der Waals surface area contributed by atoms with E-state index in [1.54, 1.807) is 18.3 Å². The maximum atomic E-state index is 13.7. The second kappa shape index (κ2) is 6.98. The van der Waals surface area contributed by atoms with E-state index in [2.05, 4.69) is 19.8 Å². The van der Waals surface area contributed by atoms with Gasteiger partial charge < -0.3 is 9.30 Å².